The van der Waals surface area contributed by atoms with Gasteiger partial charge in [0.15, 0.2) is 0 Å². The summed E-state index contributed by atoms with van der Waals surface area (Å²) in [4.78, 5) is 10.8. The van der Waals surface area contributed by atoms with E-state index in [1.54, 1.807) is 13.8 Å². The Bertz CT molecular complexity index is 436. The molecule has 0 amide bonds. The van der Waals surface area contributed by atoms with Gasteiger partial charge in [-0.2, -0.15) is 13.2 Å². The van der Waals surface area contributed by atoms with Crippen LogP contribution in [0.1, 0.15) is 23.9 Å². The van der Waals surface area contributed by atoms with Crippen molar-refractivity contribution in [2.24, 2.45) is 0 Å². The fourth-order valence-electron chi connectivity index (χ4n) is 1.32. The maximum atomic E-state index is 12.7. The summed E-state index contributed by atoms with van der Waals surface area (Å²) in [6.07, 6.45) is -4.90. The molecule has 1 unspecified atom stereocenters. The molecule has 0 aliphatic rings. The summed E-state index contributed by atoms with van der Waals surface area (Å²) in [7, 11) is 0. The van der Waals surface area contributed by atoms with Crippen molar-refractivity contribution in [1.29, 1.82) is 0 Å². The first-order valence-corrected chi connectivity index (χ1v) is 5.06. The highest BCUT2D eigenvalue weighted by Gasteiger charge is 2.57. The van der Waals surface area contributed by atoms with Gasteiger partial charge in [0.1, 0.15) is 5.76 Å². The lowest BCUT2D eigenvalue weighted by Crippen LogP contribution is -2.59. The van der Waals surface area contributed by atoms with Crippen LogP contribution in [0, 0.1) is 13.8 Å². The lowest BCUT2D eigenvalue weighted by Gasteiger charge is -2.28. The van der Waals surface area contributed by atoms with E-state index in [1.165, 1.54) is 0 Å². The first kappa shape index (κ1) is 14.5. The molecule has 0 spiro atoms. The lowest BCUT2D eigenvalue weighted by molar-refractivity contribution is -0.206. The van der Waals surface area contributed by atoms with Gasteiger partial charge in [-0.3, -0.25) is 5.32 Å². The average Bonchev–Trinajstić information content (AvgIpc) is 2.53. The standard InChI is InChI=1S/C10H13F3N2O3/c1-5-7(6(2)18-15-5)4-14-9(3,8(16)17)10(11,12)13/h14H,4H2,1-3H3,(H,16,17). The normalized spacial score (nSPS) is 15.4. The summed E-state index contributed by atoms with van der Waals surface area (Å²) in [6.45, 7) is 3.40. The van der Waals surface area contributed by atoms with Crippen molar-refractivity contribution in [1.82, 2.24) is 10.5 Å². The van der Waals surface area contributed by atoms with Crippen LogP contribution in [-0.4, -0.2) is 27.9 Å². The number of alkyl halides is 3. The Morgan fingerprint density at radius 2 is 2.00 bits per heavy atom. The molecule has 1 atom stereocenters. The van der Waals surface area contributed by atoms with Crippen molar-refractivity contribution in [3.63, 3.8) is 0 Å². The van der Waals surface area contributed by atoms with Crippen LogP contribution < -0.4 is 5.32 Å². The SMILES string of the molecule is Cc1noc(C)c1CNC(C)(C(=O)O)C(F)(F)F. The fraction of sp³-hybridized carbons (Fsp3) is 0.600. The van der Waals surface area contributed by atoms with E-state index in [4.69, 9.17) is 9.63 Å². The topological polar surface area (TPSA) is 75.4 Å². The number of nitrogens with one attached hydrogen (secondary N) is 1. The van der Waals surface area contributed by atoms with E-state index in [1.807, 2.05) is 5.32 Å². The quantitative estimate of drug-likeness (QED) is 0.868. The molecule has 0 saturated heterocycles. The van der Waals surface area contributed by atoms with E-state index in [-0.39, 0.29) is 6.54 Å². The smallest absolute Gasteiger partial charge is 0.417 e. The number of aromatic nitrogens is 1. The minimum atomic E-state index is -4.90. The molecule has 8 heteroatoms. The van der Waals surface area contributed by atoms with E-state index < -0.39 is 17.7 Å². The maximum Gasteiger partial charge on any atom is 0.417 e. The monoisotopic (exact) mass is 266 g/mol. The second-order valence-corrected chi connectivity index (χ2v) is 4.08. The number of carboxylic acids is 1. The highest BCUT2D eigenvalue weighted by molar-refractivity contribution is 5.79. The molecule has 0 aromatic carbocycles. The maximum absolute atomic E-state index is 12.7. The van der Waals surface area contributed by atoms with Gasteiger partial charge >= 0.3 is 12.1 Å². The number of aryl methyl sites for hydroxylation is 2. The van der Waals surface area contributed by atoms with E-state index in [9.17, 15) is 18.0 Å². The number of carbonyl (C=O) groups is 1. The third kappa shape index (κ3) is 2.47. The summed E-state index contributed by atoms with van der Waals surface area (Å²) < 4.78 is 42.9. The number of rotatable bonds is 4. The Morgan fingerprint density at radius 3 is 2.33 bits per heavy atom. The first-order chi connectivity index (χ1) is 8.09. The Hall–Kier alpha value is -1.57. The molecule has 1 rings (SSSR count). The van der Waals surface area contributed by atoms with Gasteiger partial charge in [-0.15, -0.1) is 0 Å². The Morgan fingerprint density at radius 1 is 1.44 bits per heavy atom. The third-order valence-electron chi connectivity index (χ3n) is 2.79. The predicted molar refractivity (Wildman–Crippen MR) is 54.9 cm³/mol. The molecule has 1 aromatic rings. The van der Waals surface area contributed by atoms with Crippen LogP contribution in [0.5, 0.6) is 0 Å². The van der Waals surface area contributed by atoms with Gasteiger partial charge < -0.3 is 9.63 Å². The summed E-state index contributed by atoms with van der Waals surface area (Å²) in [5.41, 5.74) is -2.16. The number of halogens is 3. The van der Waals surface area contributed by atoms with Gasteiger partial charge in [0.05, 0.1) is 5.69 Å². The van der Waals surface area contributed by atoms with Crippen LogP contribution in [0.3, 0.4) is 0 Å². The van der Waals surface area contributed by atoms with Gasteiger partial charge in [-0.1, -0.05) is 5.16 Å². The summed E-state index contributed by atoms with van der Waals surface area (Å²) in [6, 6.07) is 0. The summed E-state index contributed by atoms with van der Waals surface area (Å²) in [5, 5.41) is 14.3. The van der Waals surface area contributed by atoms with Crippen molar-refractivity contribution < 1.29 is 27.6 Å². The zero-order chi connectivity index (χ0) is 14.1. The number of hydrogen-bond acceptors (Lipinski definition) is 4. The second-order valence-electron chi connectivity index (χ2n) is 4.08. The number of aliphatic carboxylic acids is 1. The summed E-state index contributed by atoms with van der Waals surface area (Å²) in [5.74, 6) is -1.63. The highest BCUT2D eigenvalue weighted by Crippen LogP contribution is 2.31. The molecule has 0 aliphatic heterocycles. The molecule has 0 radical (unpaired) electrons. The molecular weight excluding hydrogens is 253 g/mol. The van der Waals surface area contributed by atoms with E-state index in [0.29, 0.717) is 23.9 Å². The lowest BCUT2D eigenvalue weighted by atomic mass is 10.0. The molecular formula is C10H13F3N2O3. The molecule has 18 heavy (non-hydrogen) atoms. The van der Waals surface area contributed by atoms with E-state index in [2.05, 4.69) is 5.16 Å². The predicted octanol–water partition coefficient (Wildman–Crippen LogP) is 1.79. The van der Waals surface area contributed by atoms with Crippen molar-refractivity contribution in [3.05, 3.63) is 17.0 Å². The molecule has 1 aromatic heterocycles. The number of nitrogens with zero attached hydrogens (tertiary/aromatic N) is 1. The van der Waals surface area contributed by atoms with Gasteiger partial charge in [0, 0.05) is 12.1 Å². The molecule has 5 nitrogen and oxygen atoms in total. The largest absolute Gasteiger partial charge is 0.480 e. The van der Waals surface area contributed by atoms with Crippen LogP contribution >= 0.6 is 0 Å². The first-order valence-electron chi connectivity index (χ1n) is 5.06. The van der Waals surface area contributed by atoms with Crippen LogP contribution in [-0.2, 0) is 11.3 Å². The molecule has 0 fully saturated rings. The van der Waals surface area contributed by atoms with Crippen LogP contribution in [0.15, 0.2) is 4.52 Å². The zero-order valence-electron chi connectivity index (χ0n) is 10.1. The van der Waals surface area contributed by atoms with Crippen molar-refractivity contribution in [3.8, 4) is 0 Å². The third-order valence-corrected chi connectivity index (χ3v) is 2.79. The van der Waals surface area contributed by atoms with E-state index >= 15 is 0 Å². The molecule has 2 N–H and O–H groups in total. The minimum absolute atomic E-state index is 0.288. The Balaban J connectivity index is 2.92. The van der Waals surface area contributed by atoms with Crippen LogP contribution in [0.4, 0.5) is 13.2 Å². The van der Waals surface area contributed by atoms with Crippen molar-refractivity contribution in [2.75, 3.05) is 0 Å². The van der Waals surface area contributed by atoms with Crippen LogP contribution in [0.25, 0.3) is 0 Å². The minimum Gasteiger partial charge on any atom is -0.480 e. The molecule has 0 aliphatic carbocycles. The molecule has 0 bridgehead atoms. The van der Waals surface area contributed by atoms with Gasteiger partial charge in [0.25, 0.3) is 0 Å². The van der Waals surface area contributed by atoms with Crippen LogP contribution in [0.2, 0.25) is 0 Å². The molecule has 102 valence electrons. The van der Waals surface area contributed by atoms with Gasteiger partial charge in [0.2, 0.25) is 5.54 Å². The Kier molecular flexibility index (Phi) is 3.70. The molecule has 1 heterocycles. The zero-order valence-corrected chi connectivity index (χ0v) is 10.1. The molecule has 0 saturated carbocycles. The van der Waals surface area contributed by atoms with Crippen molar-refractivity contribution in [2.45, 2.75) is 39.0 Å². The van der Waals surface area contributed by atoms with E-state index in [0.717, 1.165) is 0 Å². The fourth-order valence-corrected chi connectivity index (χ4v) is 1.32. The number of hydrogen-bond donors (Lipinski definition) is 2. The highest BCUT2D eigenvalue weighted by atomic mass is 19.4. The second kappa shape index (κ2) is 4.60. The summed E-state index contributed by atoms with van der Waals surface area (Å²) >= 11 is 0. The van der Waals surface area contributed by atoms with Gasteiger partial charge in [-0.05, 0) is 20.8 Å². The number of carboxylic acid groups (broad SMARTS) is 1. The van der Waals surface area contributed by atoms with Crippen molar-refractivity contribution >= 4 is 5.97 Å². The van der Waals surface area contributed by atoms with Gasteiger partial charge in [-0.25, -0.2) is 4.79 Å². The average molecular weight is 266 g/mol. The Labute approximate surface area is 101 Å².